The molecule has 0 aromatic carbocycles. The summed E-state index contributed by atoms with van der Waals surface area (Å²) in [5, 5.41) is 0. The van der Waals surface area contributed by atoms with Crippen molar-refractivity contribution in [1.29, 1.82) is 0 Å². The lowest BCUT2D eigenvalue weighted by molar-refractivity contribution is 0.242. The largest absolute Gasteiger partial charge is 0.328 e. The van der Waals surface area contributed by atoms with Crippen LogP contribution in [0.5, 0.6) is 0 Å². The van der Waals surface area contributed by atoms with Crippen LogP contribution in [0.1, 0.15) is 38.5 Å². The minimum atomic E-state index is 0.190. The molecule has 0 aromatic rings. The van der Waals surface area contributed by atoms with Crippen molar-refractivity contribution in [3.05, 3.63) is 0 Å². The first-order valence-electron chi connectivity index (χ1n) is 4.75. The molecule has 4 N–H and O–H groups in total. The topological polar surface area (TPSA) is 52.0 Å². The summed E-state index contributed by atoms with van der Waals surface area (Å²) >= 11 is 0. The van der Waals surface area contributed by atoms with Gasteiger partial charge in [-0.1, -0.05) is 0 Å². The van der Waals surface area contributed by atoms with Gasteiger partial charge in [0.1, 0.15) is 0 Å². The summed E-state index contributed by atoms with van der Waals surface area (Å²) < 4.78 is 0. The monoisotopic (exact) mass is 154 g/mol. The van der Waals surface area contributed by atoms with Crippen molar-refractivity contribution in [2.75, 3.05) is 0 Å². The van der Waals surface area contributed by atoms with Gasteiger partial charge in [-0.15, -0.1) is 0 Å². The molecule has 0 bridgehead atoms. The summed E-state index contributed by atoms with van der Waals surface area (Å²) in [6, 6.07) is 0.436. The highest BCUT2D eigenvalue weighted by molar-refractivity contribution is 5.01. The third kappa shape index (κ3) is 1.42. The van der Waals surface area contributed by atoms with Crippen molar-refractivity contribution < 1.29 is 0 Å². The Morgan fingerprint density at radius 3 is 2.00 bits per heavy atom. The Morgan fingerprint density at radius 1 is 1.00 bits per heavy atom. The molecule has 2 saturated carbocycles. The average molecular weight is 154 g/mol. The normalized spacial score (nSPS) is 45.8. The van der Waals surface area contributed by atoms with Crippen LogP contribution in [0, 0.1) is 5.92 Å². The number of hydrogen-bond donors (Lipinski definition) is 2. The van der Waals surface area contributed by atoms with E-state index in [-0.39, 0.29) is 5.54 Å². The van der Waals surface area contributed by atoms with Gasteiger partial charge >= 0.3 is 0 Å². The number of rotatable bonds is 1. The maximum absolute atomic E-state index is 6.27. The fourth-order valence-corrected chi connectivity index (χ4v) is 2.24. The zero-order chi connectivity index (χ0) is 7.90. The van der Waals surface area contributed by atoms with Crippen LogP contribution in [0.4, 0.5) is 0 Å². The second-order valence-electron chi connectivity index (χ2n) is 4.34. The third-order valence-electron chi connectivity index (χ3n) is 3.35. The molecule has 2 heteroatoms. The third-order valence-corrected chi connectivity index (χ3v) is 3.35. The molecule has 0 atom stereocenters. The highest BCUT2D eigenvalue weighted by atomic mass is 14.8. The lowest BCUT2D eigenvalue weighted by atomic mass is 9.77. The van der Waals surface area contributed by atoms with Crippen LogP contribution in [0.2, 0.25) is 0 Å². The van der Waals surface area contributed by atoms with Crippen LogP contribution in [0.15, 0.2) is 0 Å². The molecular formula is C9H18N2. The summed E-state index contributed by atoms with van der Waals surface area (Å²) in [5.74, 6) is 0.843. The van der Waals surface area contributed by atoms with Crippen LogP contribution < -0.4 is 11.5 Å². The smallest absolute Gasteiger partial charge is 0.0184 e. The molecule has 2 fully saturated rings. The molecule has 2 aliphatic rings. The first-order valence-corrected chi connectivity index (χ1v) is 4.75. The van der Waals surface area contributed by atoms with Gasteiger partial charge in [0.2, 0.25) is 0 Å². The van der Waals surface area contributed by atoms with Gasteiger partial charge in [-0.3, -0.25) is 0 Å². The number of hydrogen-bond acceptors (Lipinski definition) is 2. The van der Waals surface area contributed by atoms with E-state index in [0.717, 1.165) is 18.8 Å². The Balaban J connectivity index is 1.93. The predicted octanol–water partition coefficient (Wildman–Crippen LogP) is 0.995. The van der Waals surface area contributed by atoms with E-state index >= 15 is 0 Å². The second-order valence-corrected chi connectivity index (χ2v) is 4.34. The molecule has 0 amide bonds. The molecule has 0 spiro atoms. The standard InChI is InChI=1S/C9H18N2/c10-8-3-5-9(11,6-4-8)7-1-2-7/h7-8H,1-6,10-11H2. The summed E-state index contributed by atoms with van der Waals surface area (Å²) in [6.07, 6.45) is 7.36. The quantitative estimate of drug-likeness (QED) is 0.592. The molecule has 64 valence electrons. The molecular weight excluding hydrogens is 136 g/mol. The first-order chi connectivity index (χ1) is 5.21. The van der Waals surface area contributed by atoms with E-state index in [1.807, 2.05) is 0 Å². The lowest BCUT2D eigenvalue weighted by Crippen LogP contribution is -2.47. The molecule has 0 aliphatic heterocycles. The van der Waals surface area contributed by atoms with Crippen LogP contribution in [0.25, 0.3) is 0 Å². The zero-order valence-electron chi connectivity index (χ0n) is 7.05. The summed E-state index contributed by atoms with van der Waals surface area (Å²) in [4.78, 5) is 0. The van der Waals surface area contributed by atoms with Crippen molar-refractivity contribution in [3.8, 4) is 0 Å². The van der Waals surface area contributed by atoms with Crippen molar-refractivity contribution in [3.63, 3.8) is 0 Å². The summed E-state index contributed by atoms with van der Waals surface area (Å²) in [5.41, 5.74) is 12.3. The van der Waals surface area contributed by atoms with Crippen molar-refractivity contribution >= 4 is 0 Å². The zero-order valence-corrected chi connectivity index (χ0v) is 7.05. The maximum atomic E-state index is 6.27. The lowest BCUT2D eigenvalue weighted by Gasteiger charge is -2.36. The van der Waals surface area contributed by atoms with Gasteiger partial charge in [-0.25, -0.2) is 0 Å². The second kappa shape index (κ2) is 2.46. The van der Waals surface area contributed by atoms with Crippen LogP contribution in [-0.4, -0.2) is 11.6 Å². The van der Waals surface area contributed by atoms with Gasteiger partial charge in [0.15, 0.2) is 0 Å². The summed E-state index contributed by atoms with van der Waals surface area (Å²) in [6.45, 7) is 0. The highest BCUT2D eigenvalue weighted by Crippen LogP contribution is 2.45. The van der Waals surface area contributed by atoms with Crippen molar-refractivity contribution in [1.82, 2.24) is 0 Å². The minimum absolute atomic E-state index is 0.190. The average Bonchev–Trinajstić information content (AvgIpc) is 2.77. The Bertz CT molecular complexity index is 144. The van der Waals surface area contributed by atoms with E-state index in [9.17, 15) is 0 Å². The molecule has 2 rings (SSSR count). The predicted molar refractivity (Wildman–Crippen MR) is 46.1 cm³/mol. The fraction of sp³-hybridized carbons (Fsp3) is 1.00. The molecule has 11 heavy (non-hydrogen) atoms. The van der Waals surface area contributed by atoms with Gasteiger partial charge in [-0.05, 0) is 44.4 Å². The Labute approximate surface area is 68.3 Å². The minimum Gasteiger partial charge on any atom is -0.328 e. The first kappa shape index (κ1) is 7.56. The summed E-state index contributed by atoms with van der Waals surface area (Å²) in [7, 11) is 0. The fourth-order valence-electron chi connectivity index (χ4n) is 2.24. The van der Waals surface area contributed by atoms with Gasteiger partial charge in [-0.2, -0.15) is 0 Å². The molecule has 0 radical (unpaired) electrons. The SMILES string of the molecule is NC1CCC(N)(C2CC2)CC1. The van der Waals surface area contributed by atoms with Gasteiger partial charge in [0.25, 0.3) is 0 Å². The van der Waals surface area contributed by atoms with Crippen LogP contribution in [0.3, 0.4) is 0 Å². The maximum Gasteiger partial charge on any atom is 0.0184 e. The van der Waals surface area contributed by atoms with Gasteiger partial charge in [0.05, 0.1) is 0 Å². The molecule has 0 saturated heterocycles. The highest BCUT2D eigenvalue weighted by Gasteiger charge is 2.43. The molecule has 2 aliphatic carbocycles. The number of nitrogens with two attached hydrogens (primary N) is 2. The van der Waals surface area contributed by atoms with E-state index < -0.39 is 0 Å². The molecule has 0 heterocycles. The Kier molecular flexibility index (Phi) is 1.69. The van der Waals surface area contributed by atoms with E-state index in [0.29, 0.717) is 6.04 Å². The van der Waals surface area contributed by atoms with Gasteiger partial charge < -0.3 is 11.5 Å². The van der Waals surface area contributed by atoms with E-state index in [1.165, 1.54) is 25.7 Å². The van der Waals surface area contributed by atoms with E-state index in [1.54, 1.807) is 0 Å². The van der Waals surface area contributed by atoms with Crippen LogP contribution >= 0.6 is 0 Å². The molecule has 0 aromatic heterocycles. The van der Waals surface area contributed by atoms with E-state index in [2.05, 4.69) is 0 Å². The Morgan fingerprint density at radius 2 is 1.55 bits per heavy atom. The molecule has 2 nitrogen and oxygen atoms in total. The van der Waals surface area contributed by atoms with Crippen molar-refractivity contribution in [2.45, 2.75) is 50.1 Å². The van der Waals surface area contributed by atoms with Gasteiger partial charge in [0, 0.05) is 11.6 Å². The van der Waals surface area contributed by atoms with E-state index in [4.69, 9.17) is 11.5 Å². The Hall–Kier alpha value is -0.0800. The molecule has 0 unspecified atom stereocenters. The van der Waals surface area contributed by atoms with Crippen molar-refractivity contribution in [2.24, 2.45) is 17.4 Å². The van der Waals surface area contributed by atoms with Crippen LogP contribution in [-0.2, 0) is 0 Å².